The summed E-state index contributed by atoms with van der Waals surface area (Å²) in [7, 11) is 1.52. The number of amides is 1. The van der Waals surface area contributed by atoms with Gasteiger partial charge >= 0.3 is 0 Å². The van der Waals surface area contributed by atoms with Crippen molar-refractivity contribution in [2.45, 2.75) is 20.8 Å². The van der Waals surface area contributed by atoms with Crippen LogP contribution in [0.15, 0.2) is 59.2 Å². The quantitative estimate of drug-likeness (QED) is 0.457. The van der Waals surface area contributed by atoms with Gasteiger partial charge in [-0.05, 0) is 50.6 Å². The van der Waals surface area contributed by atoms with E-state index in [4.69, 9.17) is 14.7 Å². The molecule has 7 heteroatoms. The molecule has 0 unspecified atom stereocenters. The average Bonchev–Trinajstić information content (AvgIpc) is 3.32. The van der Waals surface area contributed by atoms with Crippen molar-refractivity contribution in [1.82, 2.24) is 19.3 Å². The number of aliphatic imine (C=N–C) groups is 1. The number of imidazole rings is 1. The van der Waals surface area contributed by atoms with Gasteiger partial charge in [0, 0.05) is 23.2 Å². The third-order valence-electron chi connectivity index (χ3n) is 5.65. The van der Waals surface area contributed by atoms with Crippen LogP contribution in [-0.2, 0) is 9.53 Å². The Labute approximate surface area is 185 Å². The molecule has 4 aromatic rings. The van der Waals surface area contributed by atoms with Gasteiger partial charge in [0.25, 0.3) is 11.9 Å². The number of carbonyl (C=O) groups is 1. The second-order valence-electron chi connectivity index (χ2n) is 7.73. The third kappa shape index (κ3) is 3.05. The van der Waals surface area contributed by atoms with E-state index in [0.717, 1.165) is 44.9 Å². The molecule has 0 bridgehead atoms. The predicted molar refractivity (Wildman–Crippen MR) is 125 cm³/mol. The van der Waals surface area contributed by atoms with Gasteiger partial charge in [-0.2, -0.15) is 4.99 Å². The zero-order valence-corrected chi connectivity index (χ0v) is 18.5. The molecule has 0 N–H and O–H groups in total. The van der Waals surface area contributed by atoms with Crippen molar-refractivity contribution in [1.29, 1.82) is 0 Å². The highest BCUT2D eigenvalue weighted by Crippen LogP contribution is 2.31. The molecule has 0 saturated carbocycles. The molecule has 3 aromatic heterocycles. The van der Waals surface area contributed by atoms with Crippen LogP contribution in [0, 0.1) is 13.8 Å². The number of hydrogen-bond donors (Lipinski definition) is 0. The van der Waals surface area contributed by atoms with Crippen LogP contribution in [0.4, 0.5) is 0 Å². The molecule has 0 fully saturated rings. The molecule has 0 aliphatic carbocycles. The molecule has 7 nitrogen and oxygen atoms in total. The smallest absolute Gasteiger partial charge is 0.299 e. The largest absolute Gasteiger partial charge is 0.468 e. The summed E-state index contributed by atoms with van der Waals surface area (Å²) in [6.45, 7) is 6.42. The second-order valence-corrected chi connectivity index (χ2v) is 7.73. The normalized spacial score (nSPS) is 15.2. The zero-order chi connectivity index (χ0) is 22.4. The second kappa shape index (κ2) is 7.60. The number of ether oxygens (including phenoxy) is 1. The highest BCUT2D eigenvalue weighted by molar-refractivity contribution is 6.12. The highest BCUT2D eigenvalue weighted by Gasteiger charge is 2.30. The van der Waals surface area contributed by atoms with Crippen molar-refractivity contribution >= 4 is 34.7 Å². The number of methoxy groups -OCH3 is 1. The molecule has 5 rings (SSSR count). The van der Waals surface area contributed by atoms with Gasteiger partial charge in [-0.1, -0.05) is 30.3 Å². The number of hydrogen-bond acceptors (Lipinski definition) is 5. The van der Waals surface area contributed by atoms with Gasteiger partial charge < -0.3 is 4.74 Å². The first-order chi connectivity index (χ1) is 15.5. The minimum Gasteiger partial charge on any atom is -0.468 e. The summed E-state index contributed by atoms with van der Waals surface area (Å²) >= 11 is 0. The Morgan fingerprint density at radius 3 is 2.53 bits per heavy atom. The fraction of sp³-hybridized carbons (Fsp3) is 0.200. The fourth-order valence-corrected chi connectivity index (χ4v) is 4.18. The van der Waals surface area contributed by atoms with Crippen LogP contribution in [0.25, 0.3) is 34.0 Å². The van der Waals surface area contributed by atoms with Crippen molar-refractivity contribution in [2.24, 2.45) is 4.99 Å². The summed E-state index contributed by atoms with van der Waals surface area (Å²) in [4.78, 5) is 28.7. The van der Waals surface area contributed by atoms with E-state index in [1.54, 1.807) is 6.08 Å². The van der Waals surface area contributed by atoms with Crippen molar-refractivity contribution < 1.29 is 9.53 Å². The van der Waals surface area contributed by atoms with E-state index < -0.39 is 0 Å². The van der Waals surface area contributed by atoms with Crippen LogP contribution in [0.3, 0.4) is 0 Å². The maximum Gasteiger partial charge on any atom is 0.299 e. The molecule has 4 heterocycles. The summed E-state index contributed by atoms with van der Waals surface area (Å²) in [5.74, 6) is -0.195. The number of rotatable bonds is 3. The lowest BCUT2D eigenvalue weighted by molar-refractivity contribution is -0.123. The first-order valence-electron chi connectivity index (χ1n) is 10.5. The van der Waals surface area contributed by atoms with Gasteiger partial charge in [0.05, 0.1) is 18.5 Å². The van der Waals surface area contributed by atoms with Gasteiger partial charge in [0.2, 0.25) is 0 Å². The number of benzene rings is 1. The molecular weight excluding hydrogens is 402 g/mol. The molecule has 0 saturated heterocycles. The van der Waals surface area contributed by atoms with E-state index in [9.17, 15) is 4.79 Å². The van der Waals surface area contributed by atoms with Gasteiger partial charge in [-0.25, -0.2) is 9.97 Å². The molecule has 1 aliphatic heterocycles. The third-order valence-corrected chi connectivity index (χ3v) is 5.65. The number of aromatic nitrogens is 3. The zero-order valence-electron chi connectivity index (χ0n) is 18.5. The van der Waals surface area contributed by atoms with Crippen LogP contribution < -0.4 is 0 Å². The number of amidine groups is 1. The molecule has 32 heavy (non-hydrogen) atoms. The van der Waals surface area contributed by atoms with Crippen LogP contribution in [0.2, 0.25) is 0 Å². The Hall–Kier alpha value is -4.00. The number of fused-ring (bicyclic) bond motifs is 3. The Morgan fingerprint density at radius 2 is 1.84 bits per heavy atom. The molecule has 0 spiro atoms. The lowest BCUT2D eigenvalue weighted by atomic mass is 10.1. The van der Waals surface area contributed by atoms with Crippen LogP contribution >= 0.6 is 0 Å². The van der Waals surface area contributed by atoms with Gasteiger partial charge in [0.15, 0.2) is 0 Å². The molecule has 160 valence electrons. The number of carbonyl (C=O) groups excluding carboxylic acids is 1. The SMILES string of the molecule is CCN1C(=O)/C(=C/c2c(-c3ccccc3)nc3ccc4c(C)cc(C)nc4n23)N=C1OC. The Bertz CT molecular complexity index is 1430. The first-order valence-corrected chi connectivity index (χ1v) is 10.5. The van der Waals surface area contributed by atoms with E-state index >= 15 is 0 Å². The first kappa shape index (κ1) is 19.9. The van der Waals surface area contributed by atoms with Crippen LogP contribution in [0.1, 0.15) is 23.9 Å². The molecule has 1 amide bonds. The standard InChI is InChI=1S/C25H23N5O2/c1-5-29-24(31)19(27-25(29)32-4)14-20-22(17-9-7-6-8-10-17)28-21-12-11-18-15(2)13-16(3)26-23(18)30(20)21/h6-14H,5H2,1-4H3/b19-14-. The van der Waals surface area contributed by atoms with E-state index in [1.807, 2.05) is 60.7 Å². The molecule has 0 atom stereocenters. The molecule has 1 aliphatic rings. The summed E-state index contributed by atoms with van der Waals surface area (Å²) in [5, 5.41) is 1.04. The molecular formula is C25H23N5O2. The van der Waals surface area contributed by atoms with Crippen molar-refractivity contribution in [3.8, 4) is 11.3 Å². The Balaban J connectivity index is 1.86. The van der Waals surface area contributed by atoms with Gasteiger partial charge in [-0.3, -0.25) is 14.1 Å². The maximum absolute atomic E-state index is 13.0. The summed E-state index contributed by atoms with van der Waals surface area (Å²) in [6, 6.07) is 16.3. The average molecular weight is 425 g/mol. The predicted octanol–water partition coefficient (Wildman–Crippen LogP) is 4.37. The lowest BCUT2D eigenvalue weighted by Gasteiger charge is -2.13. The maximum atomic E-state index is 13.0. The molecule has 0 radical (unpaired) electrons. The highest BCUT2D eigenvalue weighted by atomic mass is 16.5. The van der Waals surface area contributed by atoms with Crippen molar-refractivity contribution in [2.75, 3.05) is 13.7 Å². The Morgan fingerprint density at radius 1 is 1.06 bits per heavy atom. The number of nitrogens with zero attached hydrogens (tertiary/aromatic N) is 5. The Kier molecular flexibility index (Phi) is 4.74. The van der Waals surface area contributed by atoms with Gasteiger partial charge in [-0.15, -0.1) is 0 Å². The summed E-state index contributed by atoms with van der Waals surface area (Å²) in [6.07, 6.45) is 1.79. The monoisotopic (exact) mass is 425 g/mol. The van der Waals surface area contributed by atoms with E-state index in [1.165, 1.54) is 12.0 Å². The van der Waals surface area contributed by atoms with Crippen LogP contribution in [-0.4, -0.2) is 44.9 Å². The van der Waals surface area contributed by atoms with E-state index in [0.29, 0.717) is 18.3 Å². The number of likely N-dealkylation sites (N-methyl/N-ethyl adjacent to an activating group) is 1. The van der Waals surface area contributed by atoms with E-state index in [-0.39, 0.29) is 5.91 Å². The van der Waals surface area contributed by atoms with E-state index in [2.05, 4.69) is 18.0 Å². The number of aryl methyl sites for hydroxylation is 2. The van der Waals surface area contributed by atoms with Crippen molar-refractivity contribution in [3.05, 3.63) is 71.2 Å². The number of pyridine rings is 2. The summed E-state index contributed by atoms with van der Waals surface area (Å²) in [5.41, 5.74) is 6.41. The minimum atomic E-state index is -0.195. The fourth-order valence-electron chi connectivity index (χ4n) is 4.18. The van der Waals surface area contributed by atoms with Crippen molar-refractivity contribution in [3.63, 3.8) is 0 Å². The minimum absolute atomic E-state index is 0.195. The van der Waals surface area contributed by atoms with Gasteiger partial charge in [0.1, 0.15) is 17.0 Å². The lowest BCUT2D eigenvalue weighted by Crippen LogP contribution is -2.32. The van der Waals surface area contributed by atoms with Crippen LogP contribution in [0.5, 0.6) is 0 Å². The molecule has 1 aromatic carbocycles. The topological polar surface area (TPSA) is 72.1 Å². The summed E-state index contributed by atoms with van der Waals surface area (Å²) < 4.78 is 7.33.